The summed E-state index contributed by atoms with van der Waals surface area (Å²) in [7, 11) is 0. The number of rotatable bonds is 7. The molecule has 3 aromatic rings. The van der Waals surface area contributed by atoms with Crippen molar-refractivity contribution in [3.8, 4) is 5.75 Å². The fourth-order valence-electron chi connectivity index (χ4n) is 3.88. The van der Waals surface area contributed by atoms with Gasteiger partial charge in [-0.1, -0.05) is 60.7 Å². The van der Waals surface area contributed by atoms with Crippen LogP contribution < -0.4 is 10.1 Å². The van der Waals surface area contributed by atoms with Gasteiger partial charge < -0.3 is 14.8 Å². The van der Waals surface area contributed by atoms with E-state index in [2.05, 4.69) is 5.32 Å². The van der Waals surface area contributed by atoms with Gasteiger partial charge in [0.05, 0.1) is 23.3 Å². The Labute approximate surface area is 190 Å². The average Bonchev–Trinajstić information content (AvgIpc) is 3.33. The van der Waals surface area contributed by atoms with Crippen molar-refractivity contribution in [3.05, 3.63) is 95.6 Å². The van der Waals surface area contributed by atoms with Crippen LogP contribution in [-0.2, 0) is 15.7 Å². The number of carbonyl (C=O) groups excluding carboxylic acids is 1. The molecule has 0 spiro atoms. The maximum atomic E-state index is 13.4. The van der Waals surface area contributed by atoms with Crippen molar-refractivity contribution in [2.75, 3.05) is 18.5 Å². The minimum absolute atomic E-state index is 0.0234. The number of benzene rings is 3. The van der Waals surface area contributed by atoms with Crippen LogP contribution in [0.25, 0.3) is 0 Å². The van der Waals surface area contributed by atoms with Crippen molar-refractivity contribution in [2.24, 2.45) is 0 Å². The van der Waals surface area contributed by atoms with Crippen LogP contribution in [0.5, 0.6) is 5.75 Å². The summed E-state index contributed by atoms with van der Waals surface area (Å²) in [5, 5.41) is 2.69. The molecular formula is C26H24F3NO3. The second kappa shape index (κ2) is 10.1. The maximum Gasteiger partial charge on any atom is 0.416 e. The lowest BCUT2D eigenvalue weighted by molar-refractivity contribution is -0.137. The monoisotopic (exact) mass is 455 g/mol. The van der Waals surface area contributed by atoms with Gasteiger partial charge >= 0.3 is 6.18 Å². The number of hydrogen-bond donors (Lipinski definition) is 1. The molecule has 1 fully saturated rings. The minimum Gasteiger partial charge on any atom is -0.489 e. The Morgan fingerprint density at radius 1 is 1.00 bits per heavy atom. The molecule has 1 aliphatic rings. The normalized spacial score (nSPS) is 16.1. The van der Waals surface area contributed by atoms with Crippen molar-refractivity contribution in [3.63, 3.8) is 0 Å². The number of carbonyl (C=O) groups is 1. The SMILES string of the molecule is O=C(Nc1cc(C(F)(F)F)ccc1OC[C@H]1CCCO1)C(c1ccccc1)c1ccccc1. The molecule has 3 aromatic carbocycles. The lowest BCUT2D eigenvalue weighted by Crippen LogP contribution is -2.23. The van der Waals surface area contributed by atoms with E-state index >= 15 is 0 Å². The molecule has 1 heterocycles. The van der Waals surface area contributed by atoms with Crippen LogP contribution in [0.15, 0.2) is 78.9 Å². The van der Waals surface area contributed by atoms with Gasteiger partial charge in [0.1, 0.15) is 12.4 Å². The molecule has 0 saturated carbocycles. The standard InChI is InChI=1S/C26H24F3NO3/c27-26(28,29)20-13-14-23(33-17-21-12-7-15-32-21)22(16-20)30-25(31)24(18-8-3-1-4-9-18)19-10-5-2-6-11-19/h1-6,8-11,13-14,16,21,24H,7,12,15,17H2,(H,30,31)/t21-/m1/s1. The first kappa shape index (κ1) is 22.9. The maximum absolute atomic E-state index is 13.4. The molecule has 7 heteroatoms. The van der Waals surface area contributed by atoms with E-state index in [-0.39, 0.29) is 24.1 Å². The summed E-state index contributed by atoms with van der Waals surface area (Å²) >= 11 is 0. The molecular weight excluding hydrogens is 431 g/mol. The van der Waals surface area contributed by atoms with Crippen molar-refractivity contribution in [2.45, 2.75) is 31.0 Å². The topological polar surface area (TPSA) is 47.6 Å². The molecule has 0 aliphatic carbocycles. The van der Waals surface area contributed by atoms with Crippen LogP contribution in [0.2, 0.25) is 0 Å². The third-order valence-corrected chi connectivity index (χ3v) is 5.54. The summed E-state index contributed by atoms with van der Waals surface area (Å²) < 4.78 is 51.5. The summed E-state index contributed by atoms with van der Waals surface area (Å²) in [5.74, 6) is -0.978. The summed E-state index contributed by atoms with van der Waals surface area (Å²) in [6, 6.07) is 21.3. The molecule has 1 saturated heterocycles. The zero-order chi connectivity index (χ0) is 23.3. The number of halogens is 3. The van der Waals surface area contributed by atoms with Gasteiger partial charge in [-0.15, -0.1) is 0 Å². The Bertz CT molecular complexity index is 1030. The van der Waals surface area contributed by atoms with Crippen LogP contribution >= 0.6 is 0 Å². The first-order chi connectivity index (χ1) is 15.9. The van der Waals surface area contributed by atoms with Crippen LogP contribution in [0, 0.1) is 0 Å². The van der Waals surface area contributed by atoms with Gasteiger partial charge in [-0.25, -0.2) is 0 Å². The summed E-state index contributed by atoms with van der Waals surface area (Å²) in [5.41, 5.74) is 0.577. The van der Waals surface area contributed by atoms with Crippen molar-refractivity contribution in [1.29, 1.82) is 0 Å². The molecule has 1 aliphatic heterocycles. The minimum atomic E-state index is -4.55. The van der Waals surface area contributed by atoms with Gasteiger partial charge in [-0.3, -0.25) is 4.79 Å². The number of amides is 1. The third-order valence-electron chi connectivity index (χ3n) is 5.54. The Balaban J connectivity index is 1.64. The molecule has 33 heavy (non-hydrogen) atoms. The number of anilines is 1. The van der Waals surface area contributed by atoms with E-state index in [9.17, 15) is 18.0 Å². The molecule has 1 N–H and O–H groups in total. The molecule has 1 amide bonds. The quantitative estimate of drug-likeness (QED) is 0.473. The van der Waals surface area contributed by atoms with Crippen LogP contribution in [0.3, 0.4) is 0 Å². The van der Waals surface area contributed by atoms with Gasteiger partial charge in [0.2, 0.25) is 5.91 Å². The van der Waals surface area contributed by atoms with Crippen molar-refractivity contribution < 1.29 is 27.4 Å². The van der Waals surface area contributed by atoms with Crippen LogP contribution in [0.1, 0.15) is 35.4 Å². The summed E-state index contributed by atoms with van der Waals surface area (Å²) in [4.78, 5) is 13.4. The molecule has 172 valence electrons. The predicted molar refractivity (Wildman–Crippen MR) is 119 cm³/mol. The van der Waals surface area contributed by atoms with Crippen molar-refractivity contribution in [1.82, 2.24) is 0 Å². The number of alkyl halides is 3. The highest BCUT2D eigenvalue weighted by atomic mass is 19.4. The zero-order valence-electron chi connectivity index (χ0n) is 17.8. The lowest BCUT2D eigenvalue weighted by atomic mass is 9.90. The Morgan fingerprint density at radius 2 is 1.64 bits per heavy atom. The highest BCUT2D eigenvalue weighted by Gasteiger charge is 2.32. The first-order valence-electron chi connectivity index (χ1n) is 10.8. The van der Waals surface area contributed by atoms with E-state index in [4.69, 9.17) is 9.47 Å². The van der Waals surface area contributed by atoms with Gasteiger partial charge in [-0.05, 0) is 42.2 Å². The largest absolute Gasteiger partial charge is 0.489 e. The summed E-state index contributed by atoms with van der Waals surface area (Å²) in [6.45, 7) is 0.843. The Morgan fingerprint density at radius 3 is 2.18 bits per heavy atom. The van der Waals surface area contributed by atoms with Gasteiger partial charge in [-0.2, -0.15) is 13.2 Å². The lowest BCUT2D eigenvalue weighted by Gasteiger charge is -2.21. The third kappa shape index (κ3) is 5.73. The van der Waals surface area contributed by atoms with Gasteiger partial charge in [0.15, 0.2) is 0 Å². The highest BCUT2D eigenvalue weighted by molar-refractivity contribution is 5.99. The first-order valence-corrected chi connectivity index (χ1v) is 10.8. The smallest absolute Gasteiger partial charge is 0.416 e. The van der Waals surface area contributed by atoms with Gasteiger partial charge in [0, 0.05) is 6.61 Å². The molecule has 4 rings (SSSR count). The molecule has 0 bridgehead atoms. The van der Waals surface area contributed by atoms with E-state index < -0.39 is 23.6 Å². The molecule has 1 atom stereocenters. The van der Waals surface area contributed by atoms with Crippen LogP contribution in [0.4, 0.5) is 18.9 Å². The molecule has 0 radical (unpaired) electrons. The number of hydrogen-bond acceptors (Lipinski definition) is 3. The molecule has 0 unspecified atom stereocenters. The second-order valence-corrected chi connectivity index (χ2v) is 7.90. The fourth-order valence-corrected chi connectivity index (χ4v) is 3.88. The molecule has 4 nitrogen and oxygen atoms in total. The van der Waals surface area contributed by atoms with E-state index in [0.29, 0.717) is 6.61 Å². The summed E-state index contributed by atoms with van der Waals surface area (Å²) in [6.07, 6.45) is -2.92. The highest BCUT2D eigenvalue weighted by Crippen LogP contribution is 2.36. The number of ether oxygens (including phenoxy) is 2. The average molecular weight is 455 g/mol. The van der Waals surface area contributed by atoms with E-state index in [1.807, 2.05) is 60.7 Å². The van der Waals surface area contributed by atoms with E-state index in [1.54, 1.807) is 0 Å². The predicted octanol–water partition coefficient (Wildman–Crippen LogP) is 6.03. The van der Waals surface area contributed by atoms with Gasteiger partial charge in [0.25, 0.3) is 0 Å². The Kier molecular flexibility index (Phi) is 6.99. The fraction of sp³-hybridized carbons (Fsp3) is 0.269. The number of nitrogens with one attached hydrogen (secondary N) is 1. The zero-order valence-corrected chi connectivity index (χ0v) is 17.8. The Hall–Kier alpha value is -3.32. The van der Waals surface area contributed by atoms with E-state index in [0.717, 1.165) is 36.1 Å². The van der Waals surface area contributed by atoms with Crippen LogP contribution in [-0.4, -0.2) is 25.2 Å². The molecule has 0 aromatic heterocycles. The van der Waals surface area contributed by atoms with Crippen molar-refractivity contribution >= 4 is 11.6 Å². The van der Waals surface area contributed by atoms with E-state index in [1.165, 1.54) is 6.07 Å². The second-order valence-electron chi connectivity index (χ2n) is 7.90.